The second-order valence-electron chi connectivity index (χ2n) is 9.20. The summed E-state index contributed by atoms with van der Waals surface area (Å²) >= 11 is 6.35. The molecule has 0 aliphatic carbocycles. The SMILES string of the molecule is Cc1cccc(Cl)c1-n1c(=O)[nH]c2nc(Nc3ccc4c(c3)CCN(C)C4(C)C)ncc2c1=N. The lowest BCUT2D eigenvalue weighted by molar-refractivity contribution is 0.143. The van der Waals surface area contributed by atoms with Gasteiger partial charge in [-0.25, -0.2) is 14.3 Å². The number of halogens is 1. The molecule has 0 radical (unpaired) electrons. The summed E-state index contributed by atoms with van der Waals surface area (Å²) < 4.78 is 1.25. The summed E-state index contributed by atoms with van der Waals surface area (Å²) in [6.45, 7) is 7.30. The highest BCUT2D eigenvalue weighted by atomic mass is 35.5. The van der Waals surface area contributed by atoms with Crippen molar-refractivity contribution in [2.24, 2.45) is 0 Å². The van der Waals surface area contributed by atoms with Gasteiger partial charge in [0.2, 0.25) is 5.95 Å². The molecule has 1 aliphatic rings. The number of rotatable bonds is 3. The van der Waals surface area contributed by atoms with Crippen LogP contribution in [0.25, 0.3) is 16.7 Å². The zero-order chi connectivity index (χ0) is 24.2. The van der Waals surface area contributed by atoms with E-state index in [4.69, 9.17) is 17.0 Å². The van der Waals surface area contributed by atoms with Gasteiger partial charge in [0.1, 0.15) is 5.49 Å². The molecule has 2 aromatic heterocycles. The molecule has 2 aromatic carbocycles. The Labute approximate surface area is 201 Å². The summed E-state index contributed by atoms with van der Waals surface area (Å²) in [5, 5.41) is 12.7. The summed E-state index contributed by atoms with van der Waals surface area (Å²) in [6.07, 6.45) is 2.52. The first-order chi connectivity index (χ1) is 16.2. The third-order valence-corrected chi connectivity index (χ3v) is 7.10. The number of aromatic amines is 1. The van der Waals surface area contributed by atoms with Crippen LogP contribution in [0.4, 0.5) is 11.6 Å². The molecule has 0 spiro atoms. The van der Waals surface area contributed by atoms with Crippen molar-refractivity contribution >= 4 is 34.3 Å². The van der Waals surface area contributed by atoms with Crippen LogP contribution in [0.5, 0.6) is 0 Å². The Morgan fingerprint density at radius 1 is 1.24 bits per heavy atom. The molecule has 8 nitrogen and oxygen atoms in total. The lowest BCUT2D eigenvalue weighted by Gasteiger charge is -2.41. The van der Waals surface area contributed by atoms with Gasteiger partial charge in [-0.1, -0.05) is 29.8 Å². The van der Waals surface area contributed by atoms with Crippen LogP contribution in [0.2, 0.25) is 5.02 Å². The largest absolute Gasteiger partial charge is 0.333 e. The molecule has 3 N–H and O–H groups in total. The molecule has 1 aliphatic heterocycles. The third-order valence-electron chi connectivity index (χ3n) is 6.80. The van der Waals surface area contributed by atoms with E-state index >= 15 is 0 Å². The number of aromatic nitrogens is 4. The normalized spacial score (nSPS) is 15.3. The Balaban J connectivity index is 1.53. The Hall–Kier alpha value is -3.49. The van der Waals surface area contributed by atoms with Gasteiger partial charge in [0, 0.05) is 24.0 Å². The molecular formula is C25H26ClN7O. The van der Waals surface area contributed by atoms with E-state index in [2.05, 4.69) is 58.2 Å². The monoisotopic (exact) mass is 475 g/mol. The number of fused-ring (bicyclic) bond motifs is 2. The molecule has 34 heavy (non-hydrogen) atoms. The molecule has 0 atom stereocenters. The van der Waals surface area contributed by atoms with E-state index < -0.39 is 5.69 Å². The molecule has 0 saturated carbocycles. The van der Waals surface area contributed by atoms with E-state index in [-0.39, 0.29) is 16.7 Å². The fourth-order valence-electron chi connectivity index (χ4n) is 4.59. The molecule has 174 valence electrons. The van der Waals surface area contributed by atoms with Gasteiger partial charge in [-0.2, -0.15) is 4.98 Å². The number of hydrogen-bond donors (Lipinski definition) is 3. The Bertz CT molecular complexity index is 1530. The molecule has 5 rings (SSSR count). The lowest BCUT2D eigenvalue weighted by Crippen LogP contribution is -2.43. The van der Waals surface area contributed by atoms with Crippen LogP contribution in [0.3, 0.4) is 0 Å². The second kappa shape index (κ2) is 8.07. The maximum atomic E-state index is 12.9. The zero-order valence-electron chi connectivity index (χ0n) is 19.5. The van der Waals surface area contributed by atoms with Crippen LogP contribution in [0.1, 0.15) is 30.5 Å². The molecule has 0 bridgehead atoms. The molecular weight excluding hydrogens is 450 g/mol. The maximum absolute atomic E-state index is 12.9. The first-order valence-corrected chi connectivity index (χ1v) is 11.5. The van der Waals surface area contributed by atoms with E-state index in [9.17, 15) is 4.79 Å². The van der Waals surface area contributed by atoms with Gasteiger partial charge in [0.15, 0.2) is 5.65 Å². The van der Waals surface area contributed by atoms with Gasteiger partial charge in [0.25, 0.3) is 0 Å². The predicted molar refractivity (Wildman–Crippen MR) is 134 cm³/mol. The Kier molecular flexibility index (Phi) is 5.30. The number of para-hydroxylation sites is 1. The number of likely N-dealkylation sites (N-methyl/N-ethyl adjacent to an activating group) is 1. The number of hydrogen-bond acceptors (Lipinski definition) is 6. The summed E-state index contributed by atoms with van der Waals surface area (Å²) in [5.41, 5.74) is 4.50. The number of nitrogens with zero attached hydrogens (tertiary/aromatic N) is 4. The Morgan fingerprint density at radius 3 is 2.79 bits per heavy atom. The smallest absolute Gasteiger partial charge is 0.324 e. The highest BCUT2D eigenvalue weighted by Gasteiger charge is 2.31. The van der Waals surface area contributed by atoms with E-state index in [1.807, 2.05) is 25.1 Å². The number of aryl methyl sites for hydroxylation is 1. The van der Waals surface area contributed by atoms with Crippen LogP contribution >= 0.6 is 11.6 Å². The first kappa shape index (κ1) is 22.3. The van der Waals surface area contributed by atoms with E-state index in [1.165, 1.54) is 15.7 Å². The minimum atomic E-state index is -0.488. The molecule has 0 unspecified atom stereocenters. The average molecular weight is 476 g/mol. The fourth-order valence-corrected chi connectivity index (χ4v) is 4.89. The predicted octanol–water partition coefficient (Wildman–Crippen LogP) is 4.02. The van der Waals surface area contributed by atoms with Gasteiger partial charge in [0.05, 0.1) is 16.1 Å². The Morgan fingerprint density at radius 2 is 2.03 bits per heavy atom. The van der Waals surface area contributed by atoms with Crippen molar-refractivity contribution in [2.45, 2.75) is 32.7 Å². The number of nitrogens with one attached hydrogen (secondary N) is 3. The zero-order valence-corrected chi connectivity index (χ0v) is 20.3. The molecule has 0 amide bonds. The molecule has 0 fully saturated rings. The van der Waals surface area contributed by atoms with Gasteiger partial charge in [-0.3, -0.25) is 15.3 Å². The highest BCUT2D eigenvalue weighted by molar-refractivity contribution is 6.32. The molecule has 3 heterocycles. The van der Waals surface area contributed by atoms with Crippen molar-refractivity contribution in [3.05, 3.63) is 80.3 Å². The number of anilines is 2. The summed E-state index contributed by atoms with van der Waals surface area (Å²) in [6, 6.07) is 11.6. The van der Waals surface area contributed by atoms with E-state index in [0.29, 0.717) is 22.0 Å². The van der Waals surface area contributed by atoms with E-state index in [0.717, 1.165) is 24.2 Å². The van der Waals surface area contributed by atoms with Crippen LogP contribution in [-0.4, -0.2) is 38.0 Å². The fraction of sp³-hybridized carbons (Fsp3) is 0.280. The number of H-pyrrole nitrogens is 1. The lowest BCUT2D eigenvalue weighted by atomic mass is 9.83. The quantitative estimate of drug-likeness (QED) is 0.415. The van der Waals surface area contributed by atoms with Crippen LogP contribution in [-0.2, 0) is 12.0 Å². The standard InChI is InChI=1S/C25H26ClN7O/c1-14-6-5-7-19(26)20(14)33-21(27)17-13-28-23(30-22(17)31-24(33)34)29-16-8-9-18-15(12-16)10-11-32(4)25(18,2)3/h5-9,12-13,27H,10-11H2,1-4H3,(H2,28,29,30,31,34). The molecule has 4 aromatic rings. The summed E-state index contributed by atoms with van der Waals surface area (Å²) in [5.74, 6) is 0.348. The second-order valence-corrected chi connectivity index (χ2v) is 9.61. The van der Waals surface area contributed by atoms with Gasteiger partial charge in [-0.15, -0.1) is 0 Å². The van der Waals surface area contributed by atoms with Crippen molar-refractivity contribution < 1.29 is 0 Å². The van der Waals surface area contributed by atoms with Gasteiger partial charge < -0.3 is 5.32 Å². The van der Waals surface area contributed by atoms with Crippen molar-refractivity contribution in [1.29, 1.82) is 5.41 Å². The van der Waals surface area contributed by atoms with E-state index in [1.54, 1.807) is 12.3 Å². The first-order valence-electron chi connectivity index (χ1n) is 11.1. The van der Waals surface area contributed by atoms with Crippen LogP contribution in [0, 0.1) is 12.3 Å². The molecule has 9 heteroatoms. The van der Waals surface area contributed by atoms with Crippen molar-refractivity contribution in [2.75, 3.05) is 18.9 Å². The van der Waals surface area contributed by atoms with Crippen molar-refractivity contribution in [1.82, 2.24) is 24.4 Å². The summed E-state index contributed by atoms with van der Waals surface area (Å²) in [7, 11) is 2.15. The third kappa shape index (κ3) is 3.59. The van der Waals surface area contributed by atoms with Crippen molar-refractivity contribution in [3.8, 4) is 5.69 Å². The van der Waals surface area contributed by atoms with Crippen LogP contribution in [0.15, 0.2) is 47.4 Å². The van der Waals surface area contributed by atoms with Crippen molar-refractivity contribution in [3.63, 3.8) is 0 Å². The minimum absolute atomic E-state index is 0.0229. The van der Waals surface area contributed by atoms with Gasteiger partial charge >= 0.3 is 5.69 Å². The number of benzene rings is 2. The highest BCUT2D eigenvalue weighted by Crippen LogP contribution is 2.35. The maximum Gasteiger partial charge on any atom is 0.333 e. The summed E-state index contributed by atoms with van der Waals surface area (Å²) in [4.78, 5) is 26.9. The molecule has 0 saturated heterocycles. The average Bonchev–Trinajstić information content (AvgIpc) is 2.78. The minimum Gasteiger partial charge on any atom is -0.324 e. The topological polar surface area (TPSA) is 103 Å². The van der Waals surface area contributed by atoms with Gasteiger partial charge in [-0.05, 0) is 69.1 Å². The van der Waals surface area contributed by atoms with Crippen LogP contribution < -0.4 is 16.5 Å².